The zero-order valence-corrected chi connectivity index (χ0v) is 27.5. The van der Waals surface area contributed by atoms with Gasteiger partial charge >= 0.3 is 15.2 Å². The molecule has 3 N–H and O–H groups in total. The molecule has 2 saturated carbocycles. The summed E-state index contributed by atoms with van der Waals surface area (Å²) in [5.74, 6) is 0.527. The van der Waals surface area contributed by atoms with Gasteiger partial charge in [-0.1, -0.05) is 71.1 Å². The third-order valence-electron chi connectivity index (χ3n) is 6.82. The first-order valence-electron chi connectivity index (χ1n) is 14.9. The second-order valence-corrected chi connectivity index (χ2v) is 15.6. The molecule has 0 bridgehead atoms. The molecule has 0 spiro atoms. The van der Waals surface area contributed by atoms with Crippen LogP contribution in [0.2, 0.25) is 0 Å². The van der Waals surface area contributed by atoms with Crippen molar-refractivity contribution < 1.29 is 61.0 Å². The molecule has 4 atom stereocenters. The minimum atomic E-state index is -4.47. The summed E-state index contributed by atoms with van der Waals surface area (Å²) in [6, 6.07) is 0. The second kappa shape index (κ2) is 23.5. The van der Waals surface area contributed by atoms with Crippen LogP contribution in [0.15, 0.2) is 0 Å². The maximum Gasteiger partial charge on any atom is 0.342 e. The molecule has 13 heteroatoms. The number of hydrogen-bond donors (Lipinski definition) is 4. The summed E-state index contributed by atoms with van der Waals surface area (Å²) >= 11 is 4.18. The molecule has 2 aliphatic carbocycles. The number of hydrogen-bond acceptors (Lipinski definition) is 9. The van der Waals surface area contributed by atoms with Crippen LogP contribution in [0, 0.1) is 11.3 Å². The second-order valence-electron chi connectivity index (χ2n) is 10.8. The van der Waals surface area contributed by atoms with Gasteiger partial charge in [0.2, 0.25) is 0 Å². The molecule has 0 aliphatic heterocycles. The Kier molecular flexibility index (Phi) is 22.9. The number of aliphatic hydroxyl groups excluding tert-OH is 2. The molecule has 0 amide bonds. The zero-order chi connectivity index (χ0) is 29.0. The van der Waals surface area contributed by atoms with Crippen LogP contribution in [-0.4, -0.2) is 73.0 Å². The van der Waals surface area contributed by atoms with Crippen LogP contribution in [0.5, 0.6) is 0 Å². The third-order valence-corrected chi connectivity index (χ3v) is 11.5. The quantitative estimate of drug-likeness (QED) is 0.0450. The average Bonchev–Trinajstić information content (AvgIpc) is 3.37. The van der Waals surface area contributed by atoms with Crippen LogP contribution in [0.25, 0.3) is 0 Å². The monoisotopic (exact) mass is 662 g/mol. The molecule has 0 aromatic rings. The molecule has 0 aromatic heterocycles. The van der Waals surface area contributed by atoms with Crippen LogP contribution < -0.4 is 0 Å². The number of thiol groups is 1. The Morgan fingerprint density at radius 1 is 0.897 bits per heavy atom. The standard InChI is InChI=1S/C22H46O9P2S.C4H8.Fe/c1-22(17-24,18-28-13-6-2-3-7-16-34)19-31-32(25,26)20-33(27,30-15-12-23)29-14-8-11-21-9-4-5-10-21;1-2-4-3-1;/h21,23-24,34H,2-20H2,1H3,(H,25,26);1-4H2;/i15T;;. The normalized spacial score (nSPS) is 21.2. The summed E-state index contributed by atoms with van der Waals surface area (Å²) in [5, 5.41) is 18.9. The van der Waals surface area contributed by atoms with Gasteiger partial charge in [-0.3, -0.25) is 9.13 Å². The first-order chi connectivity index (χ1) is 18.6. The maximum absolute atomic E-state index is 13.1. The van der Waals surface area contributed by atoms with Gasteiger partial charge in [-0.2, -0.15) is 12.6 Å². The van der Waals surface area contributed by atoms with Crippen molar-refractivity contribution in [1.82, 2.24) is 0 Å². The van der Waals surface area contributed by atoms with E-state index in [9.17, 15) is 19.1 Å². The van der Waals surface area contributed by atoms with E-state index in [-0.39, 0.29) is 43.5 Å². The fourth-order valence-corrected chi connectivity index (χ4v) is 8.18. The van der Waals surface area contributed by atoms with Gasteiger partial charge in [0.1, 0.15) is 0 Å². The smallest absolute Gasteiger partial charge is 0.342 e. The van der Waals surface area contributed by atoms with Crippen molar-refractivity contribution in [3.05, 3.63) is 0 Å². The Bertz CT molecular complexity index is 714. The van der Waals surface area contributed by atoms with E-state index in [4.69, 9.17) is 24.8 Å². The summed E-state index contributed by atoms with van der Waals surface area (Å²) in [6.45, 7) is -0.595. The molecular formula is C26H54FeO9P2S. The van der Waals surface area contributed by atoms with Crippen LogP contribution in [-0.2, 0) is 44.5 Å². The molecule has 236 valence electrons. The first-order valence-corrected chi connectivity index (χ1v) is 18.4. The van der Waals surface area contributed by atoms with Crippen molar-refractivity contribution in [3.8, 4) is 0 Å². The Hall–Kier alpha value is 1.05. The SMILES string of the molecule is C1CCC1.[3H]C(CO)OP(=O)(CP(=O)(O)OCC(C)(CO)COCCCCCCS)OCCCC1CCCC1.[Fe]. The van der Waals surface area contributed by atoms with Gasteiger partial charge in [0.25, 0.3) is 0 Å². The Labute approximate surface area is 254 Å². The molecule has 2 rings (SSSR count). The molecule has 2 aliphatic rings. The largest absolute Gasteiger partial charge is 0.396 e. The van der Waals surface area contributed by atoms with Gasteiger partial charge in [-0.25, -0.2) is 0 Å². The van der Waals surface area contributed by atoms with Gasteiger partial charge in [0.15, 0.2) is 5.90 Å². The summed E-state index contributed by atoms with van der Waals surface area (Å²) in [5.41, 5.74) is -0.931. The molecule has 0 saturated heterocycles. The van der Waals surface area contributed by atoms with Crippen molar-refractivity contribution in [2.75, 3.05) is 57.9 Å². The first kappa shape index (κ1) is 38.1. The average molecular weight is 663 g/mol. The van der Waals surface area contributed by atoms with Crippen molar-refractivity contribution >= 4 is 27.8 Å². The van der Waals surface area contributed by atoms with E-state index >= 15 is 0 Å². The Balaban J connectivity index is 0.00000277. The summed E-state index contributed by atoms with van der Waals surface area (Å²) < 4.78 is 54.7. The van der Waals surface area contributed by atoms with Crippen LogP contribution in [0.3, 0.4) is 0 Å². The molecule has 39 heavy (non-hydrogen) atoms. The van der Waals surface area contributed by atoms with Crippen LogP contribution >= 0.6 is 27.8 Å². The van der Waals surface area contributed by atoms with Gasteiger partial charge in [-0.05, 0) is 37.4 Å². The van der Waals surface area contributed by atoms with E-state index in [1.54, 1.807) is 6.92 Å². The van der Waals surface area contributed by atoms with Crippen LogP contribution in [0.4, 0.5) is 0 Å². The van der Waals surface area contributed by atoms with E-state index < -0.39 is 39.7 Å². The van der Waals surface area contributed by atoms with E-state index in [2.05, 4.69) is 12.6 Å². The number of rotatable bonds is 22. The van der Waals surface area contributed by atoms with Gasteiger partial charge in [0.05, 0.1) is 41.0 Å². The molecule has 0 aromatic carbocycles. The van der Waals surface area contributed by atoms with Gasteiger partial charge in [0, 0.05) is 29.1 Å². The predicted octanol–water partition coefficient (Wildman–Crippen LogP) is 6.40. The predicted molar refractivity (Wildman–Crippen MR) is 155 cm³/mol. The number of unbranched alkanes of at least 4 members (excludes halogenated alkanes) is 3. The van der Waals surface area contributed by atoms with Crippen molar-refractivity contribution in [1.29, 1.82) is 0 Å². The van der Waals surface area contributed by atoms with E-state index in [0.717, 1.165) is 50.7 Å². The zero-order valence-electron chi connectivity index (χ0n) is 24.7. The third kappa shape index (κ3) is 20.6. The minimum absolute atomic E-state index is 0. The summed E-state index contributed by atoms with van der Waals surface area (Å²) in [7, 11) is -8.66. The van der Waals surface area contributed by atoms with Crippen molar-refractivity contribution in [2.24, 2.45) is 11.3 Å². The van der Waals surface area contributed by atoms with Crippen LogP contribution in [0.1, 0.15) is 98.2 Å². The Morgan fingerprint density at radius 3 is 2.10 bits per heavy atom. The van der Waals surface area contributed by atoms with E-state index in [1.807, 2.05) is 0 Å². The molecule has 0 heterocycles. The number of ether oxygens (including phenoxy) is 1. The fourth-order valence-electron chi connectivity index (χ4n) is 4.01. The maximum atomic E-state index is 13.1. The van der Waals surface area contributed by atoms with E-state index in [0.29, 0.717) is 18.9 Å². The number of aliphatic hydroxyl groups is 2. The molecule has 4 unspecified atom stereocenters. The summed E-state index contributed by atoms with van der Waals surface area (Å²) in [6.07, 6.45) is 16.3. The summed E-state index contributed by atoms with van der Waals surface area (Å²) in [4.78, 5) is 10.4. The minimum Gasteiger partial charge on any atom is -0.396 e. The molecule has 2 fully saturated rings. The topological polar surface area (TPSA) is 132 Å². The van der Waals surface area contributed by atoms with E-state index in [1.165, 1.54) is 38.5 Å². The Morgan fingerprint density at radius 2 is 1.54 bits per heavy atom. The molecular weight excluding hydrogens is 606 g/mol. The molecule has 9 nitrogen and oxygen atoms in total. The fraction of sp³-hybridized carbons (Fsp3) is 1.00. The van der Waals surface area contributed by atoms with Crippen molar-refractivity contribution in [3.63, 3.8) is 0 Å². The van der Waals surface area contributed by atoms with Gasteiger partial charge in [-0.15, -0.1) is 0 Å². The van der Waals surface area contributed by atoms with Crippen molar-refractivity contribution in [2.45, 2.75) is 96.8 Å². The molecule has 0 radical (unpaired) electrons. The van der Waals surface area contributed by atoms with Gasteiger partial charge < -0.3 is 33.4 Å².